The summed E-state index contributed by atoms with van der Waals surface area (Å²) in [6, 6.07) is 7.49. The molecule has 0 unspecified atom stereocenters. The first-order chi connectivity index (χ1) is 16.0. The van der Waals surface area contributed by atoms with Crippen molar-refractivity contribution >= 4 is 15.9 Å². The summed E-state index contributed by atoms with van der Waals surface area (Å²) < 4.78 is 56.1. The van der Waals surface area contributed by atoms with Crippen LogP contribution in [0.15, 0.2) is 41.3 Å². The molecule has 1 aliphatic rings. The van der Waals surface area contributed by atoms with E-state index in [4.69, 9.17) is 0 Å². The molecule has 2 heterocycles. The van der Waals surface area contributed by atoms with E-state index >= 15 is 0 Å². The maximum Gasteiger partial charge on any atom is 0.257 e. The van der Waals surface area contributed by atoms with E-state index in [1.165, 1.54) is 32.1 Å². The van der Waals surface area contributed by atoms with E-state index in [-0.39, 0.29) is 54.0 Å². The summed E-state index contributed by atoms with van der Waals surface area (Å²) in [5, 5.41) is 14.3. The predicted molar refractivity (Wildman–Crippen MR) is 120 cm³/mol. The van der Waals surface area contributed by atoms with Gasteiger partial charge < -0.3 is 10.0 Å². The van der Waals surface area contributed by atoms with Gasteiger partial charge in [0, 0.05) is 32.2 Å². The molecule has 1 aromatic heterocycles. The maximum atomic E-state index is 14.3. The molecule has 2 aromatic carbocycles. The Kier molecular flexibility index (Phi) is 6.17. The normalized spacial score (nSPS) is 15.0. The Labute approximate surface area is 196 Å². The summed E-state index contributed by atoms with van der Waals surface area (Å²) in [5.74, 6) is -2.19. The Morgan fingerprint density at radius 1 is 1.00 bits per heavy atom. The molecular weight excluding hydrogens is 466 g/mol. The van der Waals surface area contributed by atoms with Gasteiger partial charge in [-0.05, 0) is 50.6 Å². The quantitative estimate of drug-likeness (QED) is 0.607. The topological polar surface area (TPSA) is 95.7 Å². The highest BCUT2D eigenvalue weighted by Gasteiger charge is 2.33. The number of nitrogens with zero attached hydrogens (tertiary/aromatic N) is 4. The zero-order chi connectivity index (χ0) is 24.8. The molecule has 0 bridgehead atoms. The fourth-order valence-corrected chi connectivity index (χ4v) is 5.69. The molecule has 1 saturated heterocycles. The van der Waals surface area contributed by atoms with Gasteiger partial charge in [-0.25, -0.2) is 21.9 Å². The fourth-order valence-electron chi connectivity index (χ4n) is 4.10. The van der Waals surface area contributed by atoms with Crippen LogP contribution < -0.4 is 0 Å². The molecule has 8 nitrogen and oxygen atoms in total. The second kappa shape index (κ2) is 8.80. The number of aryl methyl sites for hydroxylation is 2. The van der Waals surface area contributed by atoms with E-state index in [9.17, 15) is 27.1 Å². The molecule has 0 aliphatic carbocycles. The lowest BCUT2D eigenvalue weighted by Crippen LogP contribution is -2.50. The summed E-state index contributed by atoms with van der Waals surface area (Å²) in [5.41, 5.74) is 1.79. The van der Waals surface area contributed by atoms with Gasteiger partial charge in [0.15, 0.2) is 5.82 Å². The average Bonchev–Trinajstić information content (AvgIpc) is 3.08. The number of halogens is 2. The van der Waals surface area contributed by atoms with E-state index in [0.29, 0.717) is 17.0 Å². The monoisotopic (exact) mass is 490 g/mol. The smallest absolute Gasteiger partial charge is 0.257 e. The minimum atomic E-state index is -3.93. The molecule has 1 amide bonds. The van der Waals surface area contributed by atoms with Gasteiger partial charge in [0.25, 0.3) is 5.91 Å². The summed E-state index contributed by atoms with van der Waals surface area (Å²) >= 11 is 0. The number of phenolic OH excluding ortho intramolecular Hbond substituents is 1. The molecule has 1 aliphatic heterocycles. The highest BCUT2D eigenvalue weighted by Crippen LogP contribution is 2.28. The summed E-state index contributed by atoms with van der Waals surface area (Å²) in [6.45, 7) is 5.37. The number of aromatic hydroxyl groups is 1. The van der Waals surface area contributed by atoms with E-state index in [2.05, 4.69) is 5.10 Å². The van der Waals surface area contributed by atoms with Crippen molar-refractivity contribution in [3.8, 4) is 11.4 Å². The lowest BCUT2D eigenvalue weighted by atomic mass is 10.1. The zero-order valence-electron chi connectivity index (χ0n) is 18.9. The number of carbonyl (C=O) groups excluding carboxylic acids is 1. The van der Waals surface area contributed by atoms with E-state index < -0.39 is 21.7 Å². The van der Waals surface area contributed by atoms with Crippen molar-refractivity contribution in [3.05, 3.63) is 70.5 Å². The first-order valence-corrected chi connectivity index (χ1v) is 12.1. The van der Waals surface area contributed by atoms with Crippen LogP contribution in [0.4, 0.5) is 8.78 Å². The molecule has 0 saturated carbocycles. The van der Waals surface area contributed by atoms with Crippen LogP contribution in [0.25, 0.3) is 5.69 Å². The van der Waals surface area contributed by atoms with Crippen LogP contribution in [-0.2, 0) is 10.0 Å². The van der Waals surface area contributed by atoms with Gasteiger partial charge in [-0.15, -0.1) is 0 Å². The second-order valence-corrected chi connectivity index (χ2v) is 10.1. The van der Waals surface area contributed by atoms with Crippen LogP contribution in [0.5, 0.6) is 5.75 Å². The molecule has 1 fully saturated rings. The lowest BCUT2D eigenvalue weighted by Gasteiger charge is -2.34. The molecule has 34 heavy (non-hydrogen) atoms. The Hall–Kier alpha value is -3.31. The number of rotatable bonds is 4. The Morgan fingerprint density at radius 2 is 1.68 bits per heavy atom. The number of carbonyl (C=O) groups is 1. The van der Waals surface area contributed by atoms with Crippen LogP contribution >= 0.6 is 0 Å². The number of piperazine rings is 1. The fraction of sp³-hybridized carbons (Fsp3) is 0.304. The van der Waals surface area contributed by atoms with Gasteiger partial charge in [-0.2, -0.15) is 9.40 Å². The molecular formula is C23H24F2N4O4S. The minimum absolute atomic E-state index is 0.0231. The van der Waals surface area contributed by atoms with Crippen LogP contribution in [0.2, 0.25) is 0 Å². The third kappa shape index (κ3) is 4.16. The minimum Gasteiger partial charge on any atom is -0.507 e. The molecule has 4 rings (SSSR count). The zero-order valence-corrected chi connectivity index (χ0v) is 19.7. The Morgan fingerprint density at radius 3 is 2.32 bits per heavy atom. The van der Waals surface area contributed by atoms with Gasteiger partial charge in [-0.1, -0.05) is 6.07 Å². The lowest BCUT2D eigenvalue weighted by molar-refractivity contribution is 0.0696. The van der Waals surface area contributed by atoms with Gasteiger partial charge in [0.1, 0.15) is 22.1 Å². The van der Waals surface area contributed by atoms with Crippen molar-refractivity contribution < 1.29 is 27.1 Å². The SMILES string of the molecule is Cc1ccc(O)c(S(=O)(=O)N2CCN(C(=O)c3c(C)nn(-c4ccc(F)cc4F)c3C)CC2)c1. The number of aromatic nitrogens is 2. The number of phenols is 1. The number of hydrogen-bond donors (Lipinski definition) is 1. The third-order valence-electron chi connectivity index (χ3n) is 5.90. The van der Waals surface area contributed by atoms with E-state index in [1.54, 1.807) is 26.8 Å². The van der Waals surface area contributed by atoms with E-state index in [0.717, 1.165) is 12.1 Å². The first-order valence-electron chi connectivity index (χ1n) is 10.6. The van der Waals surface area contributed by atoms with Gasteiger partial charge in [0.2, 0.25) is 10.0 Å². The largest absolute Gasteiger partial charge is 0.507 e. The molecule has 180 valence electrons. The highest BCUT2D eigenvalue weighted by molar-refractivity contribution is 7.89. The van der Waals surface area contributed by atoms with Crippen molar-refractivity contribution in [2.45, 2.75) is 25.7 Å². The average molecular weight is 491 g/mol. The summed E-state index contributed by atoms with van der Waals surface area (Å²) in [7, 11) is -3.93. The van der Waals surface area contributed by atoms with Crippen LogP contribution in [-0.4, -0.2) is 64.6 Å². The van der Waals surface area contributed by atoms with Crippen molar-refractivity contribution in [1.29, 1.82) is 0 Å². The molecule has 1 N–H and O–H groups in total. The van der Waals surface area contributed by atoms with Crippen molar-refractivity contribution in [2.75, 3.05) is 26.2 Å². The Bertz CT molecular complexity index is 1380. The number of amides is 1. The van der Waals surface area contributed by atoms with Crippen molar-refractivity contribution in [3.63, 3.8) is 0 Å². The first kappa shape index (κ1) is 23.8. The number of sulfonamides is 1. The molecule has 0 atom stereocenters. The summed E-state index contributed by atoms with van der Waals surface area (Å²) in [6.07, 6.45) is 0. The van der Waals surface area contributed by atoms with Gasteiger partial charge in [-0.3, -0.25) is 4.79 Å². The van der Waals surface area contributed by atoms with Gasteiger partial charge >= 0.3 is 0 Å². The maximum absolute atomic E-state index is 14.3. The van der Waals surface area contributed by atoms with Crippen molar-refractivity contribution in [1.82, 2.24) is 19.0 Å². The van der Waals surface area contributed by atoms with Crippen LogP contribution in [0, 0.1) is 32.4 Å². The molecule has 11 heteroatoms. The van der Waals surface area contributed by atoms with Crippen LogP contribution in [0.3, 0.4) is 0 Å². The summed E-state index contributed by atoms with van der Waals surface area (Å²) in [4.78, 5) is 14.6. The molecule has 3 aromatic rings. The second-order valence-electron chi connectivity index (χ2n) is 8.22. The third-order valence-corrected chi connectivity index (χ3v) is 7.83. The number of benzene rings is 2. The predicted octanol–water partition coefficient (Wildman–Crippen LogP) is 2.93. The van der Waals surface area contributed by atoms with Gasteiger partial charge in [0.05, 0.1) is 17.0 Å². The number of hydrogen-bond acceptors (Lipinski definition) is 5. The van der Waals surface area contributed by atoms with Crippen LogP contribution in [0.1, 0.15) is 27.3 Å². The standard InChI is InChI=1S/C23H24F2N4O4S/c1-14-4-7-20(30)21(12-14)34(32,33)28-10-8-27(9-11-28)23(31)22-15(2)26-29(16(22)3)19-6-5-17(24)13-18(19)25/h4-7,12-13,30H,8-11H2,1-3H3. The molecule has 0 spiro atoms. The highest BCUT2D eigenvalue weighted by atomic mass is 32.2. The van der Waals surface area contributed by atoms with Crippen molar-refractivity contribution in [2.24, 2.45) is 0 Å². The van der Waals surface area contributed by atoms with E-state index in [1.807, 2.05) is 0 Å². The Balaban J connectivity index is 1.54. The molecule has 0 radical (unpaired) electrons.